The molecule has 2 aliphatic rings. The van der Waals surface area contributed by atoms with E-state index < -0.39 is 0 Å². The van der Waals surface area contributed by atoms with Crippen molar-refractivity contribution in [2.75, 3.05) is 44.8 Å². The predicted octanol–water partition coefficient (Wildman–Crippen LogP) is 2.54. The largest absolute Gasteiger partial charge is 0.384 e. The highest BCUT2D eigenvalue weighted by atomic mass is 32.1. The number of rotatable bonds is 4. The van der Waals surface area contributed by atoms with Crippen molar-refractivity contribution >= 4 is 23.2 Å². The molecule has 1 atom stereocenters. The Balaban J connectivity index is 1.48. The predicted molar refractivity (Wildman–Crippen MR) is 102 cm³/mol. The van der Waals surface area contributed by atoms with E-state index >= 15 is 0 Å². The van der Waals surface area contributed by atoms with Gasteiger partial charge in [0.2, 0.25) is 5.95 Å². The molecule has 0 aromatic carbocycles. The van der Waals surface area contributed by atoms with Crippen LogP contribution in [-0.4, -0.2) is 60.7 Å². The highest BCUT2D eigenvalue weighted by Gasteiger charge is 2.49. The second-order valence-electron chi connectivity index (χ2n) is 7.25. The molecule has 1 spiro atoms. The van der Waals surface area contributed by atoms with Gasteiger partial charge in [0.15, 0.2) is 0 Å². The summed E-state index contributed by atoms with van der Waals surface area (Å²) in [5, 5.41) is 3.90. The molecule has 138 valence electrons. The first kappa shape index (κ1) is 17.4. The van der Waals surface area contributed by atoms with Gasteiger partial charge < -0.3 is 14.5 Å². The van der Waals surface area contributed by atoms with Gasteiger partial charge >= 0.3 is 0 Å². The van der Waals surface area contributed by atoms with E-state index in [2.05, 4.69) is 14.9 Å². The van der Waals surface area contributed by atoms with Crippen molar-refractivity contribution < 1.29 is 9.53 Å². The van der Waals surface area contributed by atoms with Crippen LogP contribution in [0.5, 0.6) is 0 Å². The van der Waals surface area contributed by atoms with Crippen molar-refractivity contribution in [3.63, 3.8) is 0 Å². The Morgan fingerprint density at radius 3 is 2.77 bits per heavy atom. The van der Waals surface area contributed by atoms with E-state index in [-0.39, 0.29) is 11.3 Å². The zero-order valence-electron chi connectivity index (χ0n) is 15.0. The highest BCUT2D eigenvalue weighted by molar-refractivity contribution is 7.08. The second kappa shape index (κ2) is 7.32. The van der Waals surface area contributed by atoms with Crippen LogP contribution in [0.3, 0.4) is 0 Å². The van der Waals surface area contributed by atoms with Crippen molar-refractivity contribution in [1.82, 2.24) is 14.9 Å². The summed E-state index contributed by atoms with van der Waals surface area (Å²) in [5.41, 5.74) is 0.936. The Morgan fingerprint density at radius 1 is 1.35 bits per heavy atom. The number of ether oxygens (including phenoxy) is 1. The van der Waals surface area contributed by atoms with E-state index in [1.165, 1.54) is 0 Å². The van der Waals surface area contributed by atoms with Gasteiger partial charge in [-0.2, -0.15) is 11.3 Å². The minimum Gasteiger partial charge on any atom is -0.384 e. The van der Waals surface area contributed by atoms with Crippen LogP contribution in [0, 0.1) is 11.3 Å². The maximum absolute atomic E-state index is 12.8. The molecule has 0 radical (unpaired) electrons. The normalized spacial score (nSPS) is 22.1. The van der Waals surface area contributed by atoms with E-state index in [9.17, 15) is 4.79 Å². The summed E-state index contributed by atoms with van der Waals surface area (Å²) in [6, 6.07) is 3.76. The summed E-state index contributed by atoms with van der Waals surface area (Å²) in [4.78, 5) is 25.9. The number of anilines is 1. The van der Waals surface area contributed by atoms with Crippen LogP contribution < -0.4 is 4.90 Å². The molecule has 0 aliphatic carbocycles. The fourth-order valence-corrected chi connectivity index (χ4v) is 4.99. The molecule has 2 fully saturated rings. The molecule has 2 aromatic heterocycles. The third kappa shape index (κ3) is 3.21. The minimum absolute atomic E-state index is 0.132. The monoisotopic (exact) mass is 372 g/mol. The van der Waals surface area contributed by atoms with Crippen LogP contribution in [-0.2, 0) is 4.74 Å². The Labute approximate surface area is 157 Å². The van der Waals surface area contributed by atoms with Gasteiger partial charge in [0.1, 0.15) is 0 Å². The quantitative estimate of drug-likeness (QED) is 0.825. The maximum atomic E-state index is 12.8. The standard InChI is InChI=1S/C19H24N4O2S/c1-25-12-16-11-23(17(24)15-3-10-26-13-15)14-19(16)4-8-22(9-5-19)18-20-6-2-7-21-18/h2-3,6-7,10,13,16H,4-5,8-9,11-12,14H2,1H3. The Kier molecular flexibility index (Phi) is 4.91. The van der Waals surface area contributed by atoms with Crippen molar-refractivity contribution in [3.8, 4) is 0 Å². The molecule has 4 heterocycles. The first-order valence-electron chi connectivity index (χ1n) is 9.04. The molecular weight excluding hydrogens is 348 g/mol. The topological polar surface area (TPSA) is 58.6 Å². The third-order valence-electron chi connectivity index (χ3n) is 5.83. The number of aromatic nitrogens is 2. The van der Waals surface area contributed by atoms with Crippen molar-refractivity contribution in [2.45, 2.75) is 12.8 Å². The van der Waals surface area contributed by atoms with Crippen LogP contribution in [0.25, 0.3) is 0 Å². The lowest BCUT2D eigenvalue weighted by atomic mass is 9.71. The van der Waals surface area contributed by atoms with E-state index in [4.69, 9.17) is 4.74 Å². The first-order chi connectivity index (χ1) is 12.7. The summed E-state index contributed by atoms with van der Waals surface area (Å²) >= 11 is 1.57. The Morgan fingerprint density at radius 2 is 2.12 bits per heavy atom. The number of hydrogen-bond acceptors (Lipinski definition) is 6. The molecule has 26 heavy (non-hydrogen) atoms. The molecule has 0 N–H and O–H groups in total. The number of carbonyl (C=O) groups is 1. The number of methoxy groups -OCH3 is 1. The average Bonchev–Trinajstić information content (AvgIpc) is 3.33. The number of amides is 1. The summed E-state index contributed by atoms with van der Waals surface area (Å²) in [6.07, 6.45) is 5.65. The lowest BCUT2D eigenvalue weighted by molar-refractivity contribution is 0.0738. The number of thiophene rings is 1. The zero-order chi connectivity index (χ0) is 18.0. The van der Waals surface area contributed by atoms with Crippen LogP contribution in [0.15, 0.2) is 35.3 Å². The molecule has 2 saturated heterocycles. The molecule has 6 nitrogen and oxygen atoms in total. The lowest BCUT2D eigenvalue weighted by Crippen LogP contribution is -2.46. The van der Waals surface area contributed by atoms with Gasteiger partial charge in [-0.25, -0.2) is 9.97 Å². The zero-order valence-corrected chi connectivity index (χ0v) is 15.8. The molecule has 7 heteroatoms. The summed E-state index contributed by atoms with van der Waals surface area (Å²) in [6.45, 7) is 4.15. The molecule has 1 amide bonds. The summed E-state index contributed by atoms with van der Waals surface area (Å²) in [7, 11) is 1.75. The van der Waals surface area contributed by atoms with Gasteiger partial charge in [0.05, 0.1) is 12.2 Å². The van der Waals surface area contributed by atoms with Gasteiger partial charge in [0.25, 0.3) is 5.91 Å². The van der Waals surface area contributed by atoms with Crippen LogP contribution in [0.1, 0.15) is 23.2 Å². The molecule has 2 aliphatic heterocycles. The Hall–Kier alpha value is -1.99. The average molecular weight is 372 g/mol. The van der Waals surface area contributed by atoms with E-state index in [0.29, 0.717) is 12.5 Å². The number of likely N-dealkylation sites (tertiary alicyclic amines) is 1. The fourth-order valence-electron chi connectivity index (χ4n) is 4.36. The molecule has 0 bridgehead atoms. The summed E-state index contributed by atoms with van der Waals surface area (Å²) in [5.74, 6) is 1.34. The van der Waals surface area contributed by atoms with E-state index in [1.807, 2.05) is 27.8 Å². The number of nitrogens with zero attached hydrogens (tertiary/aromatic N) is 4. The number of hydrogen-bond donors (Lipinski definition) is 0. The molecule has 2 aromatic rings. The first-order valence-corrected chi connectivity index (χ1v) is 9.98. The van der Waals surface area contributed by atoms with Gasteiger partial charge in [-0.3, -0.25) is 4.79 Å². The van der Waals surface area contributed by atoms with Gasteiger partial charge in [-0.05, 0) is 35.8 Å². The Bertz CT molecular complexity index is 729. The smallest absolute Gasteiger partial charge is 0.254 e. The highest BCUT2D eigenvalue weighted by Crippen LogP contribution is 2.45. The fraction of sp³-hybridized carbons (Fsp3) is 0.526. The third-order valence-corrected chi connectivity index (χ3v) is 6.51. The van der Waals surface area contributed by atoms with E-state index in [1.54, 1.807) is 30.8 Å². The number of piperidine rings is 1. The minimum atomic E-state index is 0.132. The van der Waals surface area contributed by atoms with Crippen molar-refractivity contribution in [1.29, 1.82) is 0 Å². The van der Waals surface area contributed by atoms with Gasteiger partial charge in [0, 0.05) is 57.0 Å². The maximum Gasteiger partial charge on any atom is 0.254 e. The van der Waals surface area contributed by atoms with Crippen LogP contribution >= 0.6 is 11.3 Å². The van der Waals surface area contributed by atoms with Gasteiger partial charge in [-0.15, -0.1) is 0 Å². The van der Waals surface area contributed by atoms with Gasteiger partial charge in [-0.1, -0.05) is 0 Å². The molecule has 1 unspecified atom stereocenters. The van der Waals surface area contributed by atoms with Crippen molar-refractivity contribution in [2.24, 2.45) is 11.3 Å². The van der Waals surface area contributed by atoms with Crippen LogP contribution in [0.2, 0.25) is 0 Å². The van der Waals surface area contributed by atoms with Crippen LogP contribution in [0.4, 0.5) is 5.95 Å². The molecular formula is C19H24N4O2S. The van der Waals surface area contributed by atoms with E-state index in [0.717, 1.165) is 50.5 Å². The SMILES string of the molecule is COCC1CN(C(=O)c2ccsc2)CC12CCN(c1ncccn1)CC2. The lowest BCUT2D eigenvalue weighted by Gasteiger charge is -2.42. The summed E-state index contributed by atoms with van der Waals surface area (Å²) < 4.78 is 5.51. The number of carbonyl (C=O) groups excluding carboxylic acids is 1. The molecule has 0 saturated carbocycles. The molecule has 4 rings (SSSR count). The van der Waals surface area contributed by atoms with Crippen molar-refractivity contribution in [3.05, 3.63) is 40.8 Å². The second-order valence-corrected chi connectivity index (χ2v) is 8.03.